The van der Waals surface area contributed by atoms with E-state index in [1.807, 2.05) is 102 Å². The number of fused-ring (bicyclic) bond motifs is 1. The van der Waals surface area contributed by atoms with Crippen molar-refractivity contribution in [2.24, 2.45) is 4.99 Å². The summed E-state index contributed by atoms with van der Waals surface area (Å²) in [5.41, 5.74) is 4.74. The quantitative estimate of drug-likeness (QED) is 0.263. The van der Waals surface area contributed by atoms with Crippen molar-refractivity contribution in [3.8, 4) is 22.7 Å². The maximum absolute atomic E-state index is 14.1. The van der Waals surface area contributed by atoms with Crippen molar-refractivity contribution in [1.29, 1.82) is 0 Å². The van der Waals surface area contributed by atoms with E-state index in [1.165, 1.54) is 11.3 Å². The van der Waals surface area contributed by atoms with Gasteiger partial charge in [0.15, 0.2) is 4.80 Å². The van der Waals surface area contributed by atoms with Gasteiger partial charge in [0.1, 0.15) is 5.75 Å². The summed E-state index contributed by atoms with van der Waals surface area (Å²) >= 11 is 1.28. The molecule has 0 saturated carbocycles. The average molecular weight is 577 g/mol. The van der Waals surface area contributed by atoms with E-state index < -0.39 is 12.0 Å². The maximum atomic E-state index is 14.1. The number of para-hydroxylation sites is 1. The van der Waals surface area contributed by atoms with Gasteiger partial charge in [-0.1, -0.05) is 72.0 Å². The van der Waals surface area contributed by atoms with Crippen LogP contribution in [-0.4, -0.2) is 34.0 Å². The molecule has 0 radical (unpaired) electrons. The molecule has 1 aliphatic heterocycles. The molecule has 8 nitrogen and oxygen atoms in total. The minimum Gasteiger partial charge on any atom is -0.497 e. The predicted molar refractivity (Wildman–Crippen MR) is 162 cm³/mol. The Labute approximate surface area is 246 Å². The lowest BCUT2D eigenvalue weighted by atomic mass is 9.96. The molecule has 0 aliphatic carbocycles. The molecule has 0 amide bonds. The Bertz CT molecular complexity index is 1970. The van der Waals surface area contributed by atoms with Crippen LogP contribution in [0.4, 0.5) is 0 Å². The standard InChI is InChI=1S/C33H28N4O4S/c1-4-41-32(39)28-21(2)34-33-37(30(28)23-15-17-26(40-3)18-16-23)31(38)27(42-33)19-24-20-36(25-13-9-6-10-14-25)35-29(24)22-11-7-5-8-12-22/h5-20,30H,4H2,1-3H3. The number of carbonyl (C=O) groups is 1. The van der Waals surface area contributed by atoms with Crippen molar-refractivity contribution >= 4 is 23.4 Å². The molecule has 0 fully saturated rings. The zero-order chi connectivity index (χ0) is 29.2. The lowest BCUT2D eigenvalue weighted by Crippen LogP contribution is -2.39. The van der Waals surface area contributed by atoms with Crippen LogP contribution in [0.15, 0.2) is 112 Å². The second-order valence-electron chi connectivity index (χ2n) is 9.65. The van der Waals surface area contributed by atoms with Crippen LogP contribution < -0.4 is 19.6 Å². The summed E-state index contributed by atoms with van der Waals surface area (Å²) < 4.78 is 14.6. The van der Waals surface area contributed by atoms with E-state index in [9.17, 15) is 9.59 Å². The summed E-state index contributed by atoms with van der Waals surface area (Å²) in [6.45, 7) is 3.74. The molecular weight excluding hydrogens is 548 g/mol. The van der Waals surface area contributed by atoms with Crippen LogP contribution in [0.5, 0.6) is 5.75 Å². The highest BCUT2D eigenvalue weighted by molar-refractivity contribution is 7.07. The molecule has 0 saturated heterocycles. The first-order valence-electron chi connectivity index (χ1n) is 13.5. The highest BCUT2D eigenvalue weighted by atomic mass is 32.1. The van der Waals surface area contributed by atoms with Gasteiger partial charge >= 0.3 is 5.97 Å². The van der Waals surface area contributed by atoms with Gasteiger partial charge in [-0.05, 0) is 49.8 Å². The second kappa shape index (κ2) is 11.5. The molecule has 6 rings (SSSR count). The Morgan fingerprint density at radius 2 is 1.69 bits per heavy atom. The van der Waals surface area contributed by atoms with Gasteiger partial charge in [-0.25, -0.2) is 14.5 Å². The van der Waals surface area contributed by atoms with E-state index in [0.717, 1.165) is 28.1 Å². The molecule has 210 valence electrons. The smallest absolute Gasteiger partial charge is 0.338 e. The van der Waals surface area contributed by atoms with Crippen molar-refractivity contribution in [2.45, 2.75) is 19.9 Å². The molecule has 5 aromatic rings. The number of aromatic nitrogens is 3. The number of nitrogens with zero attached hydrogens (tertiary/aromatic N) is 4. The zero-order valence-electron chi connectivity index (χ0n) is 23.4. The number of esters is 1. The summed E-state index contributed by atoms with van der Waals surface area (Å²) in [4.78, 5) is 32.5. The van der Waals surface area contributed by atoms with E-state index in [0.29, 0.717) is 26.4 Å². The third-order valence-corrected chi connectivity index (χ3v) is 8.03. The van der Waals surface area contributed by atoms with Crippen LogP contribution in [0, 0.1) is 0 Å². The Kier molecular flexibility index (Phi) is 7.41. The first-order chi connectivity index (χ1) is 20.5. The minimum absolute atomic E-state index is 0.211. The van der Waals surface area contributed by atoms with Crippen molar-refractivity contribution in [2.75, 3.05) is 13.7 Å². The molecule has 42 heavy (non-hydrogen) atoms. The molecule has 0 bridgehead atoms. The topological polar surface area (TPSA) is 87.7 Å². The second-order valence-corrected chi connectivity index (χ2v) is 10.7. The molecule has 0 N–H and O–H groups in total. The number of allylic oxidation sites excluding steroid dienone is 1. The van der Waals surface area contributed by atoms with E-state index in [1.54, 1.807) is 25.5 Å². The van der Waals surface area contributed by atoms with Crippen LogP contribution in [-0.2, 0) is 9.53 Å². The molecule has 3 aromatic carbocycles. The van der Waals surface area contributed by atoms with Gasteiger partial charge in [-0.2, -0.15) is 5.10 Å². The minimum atomic E-state index is -0.700. The Morgan fingerprint density at radius 1 is 1.00 bits per heavy atom. The van der Waals surface area contributed by atoms with E-state index in [-0.39, 0.29) is 12.2 Å². The molecule has 9 heteroatoms. The largest absolute Gasteiger partial charge is 0.497 e. The SMILES string of the molecule is CCOC(=O)C1=C(C)N=c2sc(=Cc3cn(-c4ccccc4)nc3-c3ccccc3)c(=O)n2C1c1ccc(OC)cc1. The van der Waals surface area contributed by atoms with Crippen LogP contribution in [0.25, 0.3) is 23.0 Å². The van der Waals surface area contributed by atoms with Gasteiger partial charge in [0.05, 0.1) is 46.9 Å². The van der Waals surface area contributed by atoms with Gasteiger partial charge in [-0.15, -0.1) is 0 Å². The Balaban J connectivity index is 1.55. The molecular formula is C33H28N4O4S. The third kappa shape index (κ3) is 4.99. The first-order valence-corrected chi connectivity index (χ1v) is 14.3. The van der Waals surface area contributed by atoms with Crippen LogP contribution in [0.1, 0.15) is 31.0 Å². The van der Waals surface area contributed by atoms with Gasteiger partial charge in [0, 0.05) is 17.3 Å². The van der Waals surface area contributed by atoms with E-state index >= 15 is 0 Å². The summed E-state index contributed by atoms with van der Waals surface area (Å²) in [7, 11) is 1.59. The fourth-order valence-electron chi connectivity index (χ4n) is 5.06. The number of rotatable bonds is 7. The molecule has 1 atom stereocenters. The number of hydrogen-bond acceptors (Lipinski definition) is 7. The summed E-state index contributed by atoms with van der Waals surface area (Å²) in [6, 6.07) is 26.3. The van der Waals surface area contributed by atoms with Crippen molar-refractivity contribution < 1.29 is 14.3 Å². The van der Waals surface area contributed by atoms with Gasteiger partial charge in [0.2, 0.25) is 0 Å². The highest BCUT2D eigenvalue weighted by Gasteiger charge is 2.33. The molecule has 3 heterocycles. The maximum Gasteiger partial charge on any atom is 0.338 e. The summed E-state index contributed by atoms with van der Waals surface area (Å²) in [6.07, 6.45) is 3.78. The van der Waals surface area contributed by atoms with Gasteiger partial charge in [0.25, 0.3) is 5.56 Å². The summed E-state index contributed by atoms with van der Waals surface area (Å²) in [5, 5.41) is 4.88. The van der Waals surface area contributed by atoms with Crippen molar-refractivity contribution in [1.82, 2.24) is 14.3 Å². The predicted octanol–water partition coefficient (Wildman–Crippen LogP) is 4.66. The Morgan fingerprint density at radius 3 is 2.36 bits per heavy atom. The number of hydrogen-bond donors (Lipinski definition) is 0. The van der Waals surface area contributed by atoms with Gasteiger partial charge in [-0.3, -0.25) is 9.36 Å². The number of carbonyl (C=O) groups excluding carboxylic acids is 1. The number of benzene rings is 3. The van der Waals surface area contributed by atoms with Crippen LogP contribution in [0.2, 0.25) is 0 Å². The van der Waals surface area contributed by atoms with E-state index in [2.05, 4.69) is 0 Å². The number of methoxy groups -OCH3 is 1. The number of thiazole rings is 1. The monoisotopic (exact) mass is 576 g/mol. The van der Waals surface area contributed by atoms with Crippen LogP contribution >= 0.6 is 11.3 Å². The number of ether oxygens (including phenoxy) is 2. The first kappa shape index (κ1) is 27.2. The molecule has 2 aromatic heterocycles. The van der Waals surface area contributed by atoms with Crippen molar-refractivity contribution in [3.63, 3.8) is 0 Å². The lowest BCUT2D eigenvalue weighted by molar-refractivity contribution is -0.139. The highest BCUT2D eigenvalue weighted by Crippen LogP contribution is 2.32. The lowest BCUT2D eigenvalue weighted by Gasteiger charge is -2.24. The third-order valence-electron chi connectivity index (χ3n) is 7.05. The molecule has 1 unspecified atom stereocenters. The fraction of sp³-hybridized carbons (Fsp3) is 0.152. The summed E-state index contributed by atoms with van der Waals surface area (Å²) in [5.74, 6) is 0.178. The van der Waals surface area contributed by atoms with Crippen molar-refractivity contribution in [3.05, 3.63) is 133 Å². The average Bonchev–Trinajstić information content (AvgIpc) is 3.58. The normalized spacial score (nSPS) is 14.8. The Hall–Kier alpha value is -5.02. The molecule has 0 spiro atoms. The van der Waals surface area contributed by atoms with Gasteiger partial charge < -0.3 is 9.47 Å². The van der Waals surface area contributed by atoms with E-state index in [4.69, 9.17) is 19.6 Å². The fourth-order valence-corrected chi connectivity index (χ4v) is 6.10. The zero-order valence-corrected chi connectivity index (χ0v) is 24.2. The molecule has 1 aliphatic rings. The van der Waals surface area contributed by atoms with Crippen LogP contribution in [0.3, 0.4) is 0 Å².